The Hall–Kier alpha value is -4.63. The molecule has 0 spiro atoms. The first-order chi connectivity index (χ1) is 18.6. The predicted molar refractivity (Wildman–Crippen MR) is 140 cm³/mol. The van der Waals surface area contributed by atoms with E-state index in [0.717, 1.165) is 28.5 Å². The first kappa shape index (κ1) is 26.0. The molecule has 1 heterocycles. The molecule has 1 N–H and O–H groups in total. The van der Waals surface area contributed by atoms with Crippen LogP contribution in [0.3, 0.4) is 0 Å². The van der Waals surface area contributed by atoms with E-state index >= 15 is 0 Å². The lowest BCUT2D eigenvalue weighted by atomic mass is 10.0. The topological polar surface area (TPSA) is 75.7 Å². The van der Waals surface area contributed by atoms with Gasteiger partial charge in [-0.3, -0.25) is 14.9 Å². The Bertz CT molecular complexity index is 1660. The minimum absolute atomic E-state index is 0.187. The highest BCUT2D eigenvalue weighted by molar-refractivity contribution is 6.42. The van der Waals surface area contributed by atoms with Crippen molar-refractivity contribution in [1.29, 1.82) is 0 Å². The van der Waals surface area contributed by atoms with Crippen LogP contribution in [0, 0.1) is 0 Å². The van der Waals surface area contributed by atoms with Crippen molar-refractivity contribution in [3.63, 3.8) is 0 Å². The minimum atomic E-state index is -4.75. The summed E-state index contributed by atoms with van der Waals surface area (Å²) in [4.78, 5) is 38.9. The molecule has 5 rings (SSSR count). The number of urea groups is 1. The second kappa shape index (κ2) is 10.3. The molecule has 0 aliphatic carbocycles. The van der Waals surface area contributed by atoms with E-state index in [0.29, 0.717) is 22.3 Å². The van der Waals surface area contributed by atoms with Crippen LogP contribution >= 0.6 is 11.6 Å². The third-order valence-corrected chi connectivity index (χ3v) is 6.42. The highest BCUT2D eigenvalue weighted by Crippen LogP contribution is 2.37. The van der Waals surface area contributed by atoms with Gasteiger partial charge in [-0.2, -0.15) is 13.2 Å². The maximum Gasteiger partial charge on any atom is 0.416 e. The van der Waals surface area contributed by atoms with Crippen molar-refractivity contribution in [3.05, 3.63) is 112 Å². The fourth-order valence-electron chi connectivity index (χ4n) is 4.20. The van der Waals surface area contributed by atoms with Crippen LogP contribution in [0.5, 0.6) is 5.75 Å². The summed E-state index contributed by atoms with van der Waals surface area (Å²) in [5, 5.41) is 3.75. The van der Waals surface area contributed by atoms with Gasteiger partial charge in [0.1, 0.15) is 17.9 Å². The number of rotatable bonds is 5. The van der Waals surface area contributed by atoms with Crippen LogP contribution in [-0.4, -0.2) is 17.8 Å². The van der Waals surface area contributed by atoms with Crippen molar-refractivity contribution in [2.75, 3.05) is 4.90 Å². The van der Waals surface area contributed by atoms with Gasteiger partial charge in [0.2, 0.25) is 0 Å². The number of amides is 4. The average molecular weight is 551 g/mol. The summed E-state index contributed by atoms with van der Waals surface area (Å²) in [5.41, 5.74) is -0.840. The summed E-state index contributed by atoms with van der Waals surface area (Å²) in [6.45, 7) is 0.187. The Balaban J connectivity index is 1.48. The van der Waals surface area contributed by atoms with Gasteiger partial charge in [-0.25, -0.2) is 9.69 Å². The fourth-order valence-corrected chi connectivity index (χ4v) is 4.40. The van der Waals surface area contributed by atoms with E-state index in [1.807, 2.05) is 47.8 Å². The zero-order chi connectivity index (χ0) is 27.7. The molecule has 4 aromatic carbocycles. The number of anilines is 1. The Morgan fingerprint density at radius 2 is 1.62 bits per heavy atom. The lowest BCUT2D eigenvalue weighted by molar-refractivity contribution is -0.137. The van der Waals surface area contributed by atoms with Gasteiger partial charge in [-0.05, 0) is 46.7 Å². The van der Waals surface area contributed by atoms with Gasteiger partial charge in [0.05, 0.1) is 16.3 Å². The molecule has 1 aliphatic heterocycles. The van der Waals surface area contributed by atoms with E-state index in [2.05, 4.69) is 0 Å². The lowest BCUT2D eigenvalue weighted by Gasteiger charge is -2.27. The van der Waals surface area contributed by atoms with E-state index in [-0.39, 0.29) is 11.6 Å². The molecular weight excluding hydrogens is 533 g/mol. The third-order valence-electron chi connectivity index (χ3n) is 6.10. The van der Waals surface area contributed by atoms with Gasteiger partial charge in [-0.1, -0.05) is 72.3 Å². The van der Waals surface area contributed by atoms with Crippen molar-refractivity contribution < 1.29 is 32.3 Å². The molecule has 0 aromatic heterocycles. The first-order valence-electron chi connectivity index (χ1n) is 11.6. The summed E-state index contributed by atoms with van der Waals surface area (Å²) in [6.07, 6.45) is -3.53. The monoisotopic (exact) mass is 550 g/mol. The molecule has 0 unspecified atom stereocenters. The number of carbonyl (C=O) groups is 3. The molecule has 4 aromatic rings. The maximum absolute atomic E-state index is 13.3. The number of hydrogen-bond acceptors (Lipinski definition) is 4. The summed E-state index contributed by atoms with van der Waals surface area (Å²) in [6, 6.07) is 21.2. The zero-order valence-corrected chi connectivity index (χ0v) is 20.7. The van der Waals surface area contributed by atoms with Crippen LogP contribution < -0.4 is 15.0 Å². The maximum atomic E-state index is 13.3. The number of benzene rings is 4. The summed E-state index contributed by atoms with van der Waals surface area (Å²) < 4.78 is 45.9. The van der Waals surface area contributed by atoms with Crippen LogP contribution in [0.1, 0.15) is 16.7 Å². The number of alkyl halides is 3. The van der Waals surface area contributed by atoms with Crippen LogP contribution in [0.4, 0.5) is 23.7 Å². The number of fused-ring (bicyclic) bond motifs is 1. The van der Waals surface area contributed by atoms with Gasteiger partial charge in [0.15, 0.2) is 0 Å². The van der Waals surface area contributed by atoms with Crippen molar-refractivity contribution in [3.8, 4) is 5.75 Å². The zero-order valence-electron chi connectivity index (χ0n) is 20.0. The smallest absolute Gasteiger partial charge is 0.416 e. The molecule has 6 nitrogen and oxygen atoms in total. The molecule has 0 radical (unpaired) electrons. The standard InChI is InChI=1S/C29H18ClF3N2O4/c30-23-13-12-20(29(31,32)33)15-24(23)35-27(37)22(26(36)34-28(35)38)14-18-7-2-4-11-25(18)39-16-19-9-5-8-17-6-1-3-10-21(17)19/h1-15H,16H2,(H,34,36,38)/b22-14-. The van der Waals surface area contributed by atoms with Gasteiger partial charge in [0.25, 0.3) is 11.8 Å². The number of halogens is 4. The molecule has 1 fully saturated rings. The van der Waals surface area contributed by atoms with Crippen LogP contribution in [-0.2, 0) is 22.4 Å². The summed E-state index contributed by atoms with van der Waals surface area (Å²) in [5.74, 6) is -1.79. The van der Waals surface area contributed by atoms with Crippen molar-refractivity contribution in [2.45, 2.75) is 12.8 Å². The number of nitrogens with one attached hydrogen (secondary N) is 1. The molecule has 39 heavy (non-hydrogen) atoms. The Morgan fingerprint density at radius 1 is 0.897 bits per heavy atom. The third kappa shape index (κ3) is 5.21. The van der Waals surface area contributed by atoms with Gasteiger partial charge in [0, 0.05) is 5.56 Å². The van der Waals surface area contributed by atoms with Crippen LogP contribution in [0.25, 0.3) is 16.8 Å². The fraction of sp³-hybridized carbons (Fsp3) is 0.0690. The molecule has 10 heteroatoms. The Morgan fingerprint density at radius 3 is 2.41 bits per heavy atom. The molecule has 4 amide bonds. The molecule has 0 saturated carbocycles. The number of nitrogens with zero attached hydrogens (tertiary/aromatic N) is 1. The highest BCUT2D eigenvalue weighted by Gasteiger charge is 2.39. The van der Waals surface area contributed by atoms with Crippen molar-refractivity contribution >= 4 is 52.0 Å². The summed E-state index contributed by atoms with van der Waals surface area (Å²) in [7, 11) is 0. The minimum Gasteiger partial charge on any atom is -0.488 e. The van der Waals surface area contributed by atoms with Crippen molar-refractivity contribution in [1.82, 2.24) is 5.32 Å². The van der Waals surface area contributed by atoms with E-state index in [1.54, 1.807) is 24.3 Å². The SMILES string of the molecule is O=C1NC(=O)N(c2cc(C(F)(F)F)ccc2Cl)C(=O)/C1=C\c1ccccc1OCc1cccc2ccccc12. The van der Waals surface area contributed by atoms with Crippen LogP contribution in [0.2, 0.25) is 5.02 Å². The van der Waals surface area contributed by atoms with E-state index < -0.39 is 40.8 Å². The van der Waals surface area contributed by atoms with Gasteiger partial charge >= 0.3 is 12.2 Å². The highest BCUT2D eigenvalue weighted by atomic mass is 35.5. The number of carbonyl (C=O) groups excluding carboxylic acids is 3. The van der Waals surface area contributed by atoms with Gasteiger partial charge < -0.3 is 4.74 Å². The van der Waals surface area contributed by atoms with Crippen LogP contribution in [0.15, 0.2) is 90.5 Å². The average Bonchev–Trinajstić information content (AvgIpc) is 2.90. The molecular formula is C29H18ClF3N2O4. The molecule has 1 aliphatic rings. The van der Waals surface area contributed by atoms with Crippen molar-refractivity contribution in [2.24, 2.45) is 0 Å². The van der Waals surface area contributed by atoms with E-state index in [9.17, 15) is 27.6 Å². The Kier molecular flexibility index (Phi) is 6.84. The molecule has 196 valence electrons. The normalized spacial score (nSPS) is 15.1. The van der Waals surface area contributed by atoms with Gasteiger partial charge in [-0.15, -0.1) is 0 Å². The Labute approximate surface area is 225 Å². The van der Waals surface area contributed by atoms with E-state index in [4.69, 9.17) is 16.3 Å². The number of barbiturate groups is 1. The van der Waals surface area contributed by atoms with E-state index in [1.165, 1.54) is 6.08 Å². The first-order valence-corrected chi connectivity index (χ1v) is 12.0. The second-order valence-electron chi connectivity index (χ2n) is 8.59. The largest absolute Gasteiger partial charge is 0.488 e. The quantitative estimate of drug-likeness (QED) is 0.220. The lowest BCUT2D eigenvalue weighted by Crippen LogP contribution is -2.54. The number of imide groups is 2. The second-order valence-corrected chi connectivity index (χ2v) is 8.99. The molecule has 0 bridgehead atoms. The number of para-hydroxylation sites is 1. The predicted octanol–water partition coefficient (Wildman–Crippen LogP) is 6.76. The number of hydrogen-bond donors (Lipinski definition) is 1. The molecule has 1 saturated heterocycles. The number of ether oxygens (including phenoxy) is 1. The summed E-state index contributed by atoms with van der Waals surface area (Å²) >= 11 is 6.06. The molecule has 0 atom stereocenters.